The van der Waals surface area contributed by atoms with E-state index < -0.39 is 0 Å². The van der Waals surface area contributed by atoms with E-state index in [9.17, 15) is 0 Å². The molecule has 72 valence electrons. The van der Waals surface area contributed by atoms with Gasteiger partial charge in [-0.2, -0.15) is 0 Å². The molecule has 0 aromatic heterocycles. The van der Waals surface area contributed by atoms with E-state index >= 15 is 0 Å². The molecule has 0 aromatic carbocycles. The maximum atomic E-state index is 6.25. The van der Waals surface area contributed by atoms with Crippen LogP contribution in [0.15, 0.2) is 0 Å². The van der Waals surface area contributed by atoms with Crippen LogP contribution in [0.3, 0.4) is 0 Å². The minimum Gasteiger partial charge on any atom is -0.512 e. The second kappa shape index (κ2) is 259. The van der Waals surface area contributed by atoms with Crippen LogP contribution in [0.4, 0.5) is 0 Å². The Balaban J connectivity index is -0.00000000500. The Morgan fingerprint density at radius 1 is 0.357 bits per heavy atom. The van der Waals surface area contributed by atoms with E-state index in [2.05, 4.69) is 0 Å². The van der Waals surface area contributed by atoms with Crippen molar-refractivity contribution in [3.05, 3.63) is 39.4 Å². The van der Waals surface area contributed by atoms with Crippen molar-refractivity contribution in [2.24, 2.45) is 0 Å². The first-order valence-corrected chi connectivity index (χ1v) is 1.34. The van der Waals surface area contributed by atoms with Crippen molar-refractivity contribution in [2.75, 3.05) is 0 Å². The molecule has 8 heteroatoms. The van der Waals surface area contributed by atoms with E-state index in [0.717, 1.165) is 0 Å². The van der Waals surface area contributed by atoms with Crippen molar-refractivity contribution in [3.8, 4) is 0 Å². The summed E-state index contributed by atoms with van der Waals surface area (Å²) in [7, 11) is 0. The topological polar surface area (TPSA) is 143 Å². The van der Waals surface area contributed by atoms with Crippen LogP contribution in [0, 0.1) is 71.0 Å². The largest absolute Gasteiger partial charge is 6.00 e. The smallest absolute Gasteiger partial charge is 0.512 e. The maximum Gasteiger partial charge on any atom is 6.00 e. The van der Waals surface area contributed by atoms with Gasteiger partial charge < -0.3 is 71.0 Å². The molecule has 14 heavy (non-hydrogen) atoms. The molecule has 0 radical (unpaired) electrons. The van der Waals surface area contributed by atoms with Gasteiger partial charge in [-0.15, -0.1) is 0 Å². The van der Waals surface area contributed by atoms with Crippen LogP contribution in [0.2, 0.25) is 0 Å². The van der Waals surface area contributed by atoms with Crippen LogP contribution in [-0.2, 0) is 33.6 Å². The molecule has 0 N–H and O–H groups in total. The third-order valence-electron chi connectivity index (χ3n) is 0. The zero-order valence-corrected chi connectivity index (χ0v) is 8.44. The van der Waals surface area contributed by atoms with Crippen LogP contribution in [0.5, 0.6) is 0 Å². The number of hydrogen-bond donors (Lipinski definition) is 0. The molecule has 0 aromatic rings. The first kappa shape index (κ1) is 91.8. The van der Waals surface area contributed by atoms with Gasteiger partial charge in [0.1, 0.15) is 0 Å². The van der Waals surface area contributed by atoms with Crippen molar-refractivity contribution < 1.29 is 33.6 Å². The van der Waals surface area contributed by atoms with Crippen LogP contribution in [-0.4, -0.2) is 0 Å². The Kier molecular flexibility index (Phi) is 1700. The summed E-state index contributed by atoms with van der Waals surface area (Å²) < 4.78 is 0. The van der Waals surface area contributed by atoms with Gasteiger partial charge >= 0.3 is 17.1 Å². The van der Waals surface area contributed by atoms with Gasteiger partial charge in [-0.25, -0.2) is 0 Å². The van der Waals surface area contributed by atoms with Crippen molar-refractivity contribution in [3.63, 3.8) is 0 Å². The fraction of sp³-hybridized carbons (Fsp3) is 0. The first-order valence-electron chi connectivity index (χ1n) is 1.34. The second-order valence-electron chi connectivity index (χ2n) is 0. The summed E-state index contributed by atoms with van der Waals surface area (Å²) in [6.45, 7) is 28.5. The molecule has 0 unspecified atom stereocenters. The molecule has 0 spiro atoms. The molecule has 0 aliphatic carbocycles. The van der Waals surface area contributed by atoms with E-state index in [-0.39, 0.29) is 33.6 Å². The molecule has 0 atom stereocenters. The summed E-state index contributed by atoms with van der Waals surface area (Å²) in [6.07, 6.45) is 0. The van der Waals surface area contributed by atoms with Gasteiger partial charge in [0.25, 0.3) is 0 Å². The first-order chi connectivity index (χ1) is 6.00. The predicted octanol–water partition coefficient (Wildman–Crippen LogP) is 0.573. The Morgan fingerprint density at radius 2 is 0.357 bits per heavy atom. The average molecular weight is 271 g/mol. The molecule has 0 bridgehead atoms. The van der Waals surface area contributed by atoms with Crippen molar-refractivity contribution in [1.82, 2.24) is 0 Å². The standard InChI is InChI=1S/6CN.Fe.Ni/c6*1-2;;/q6*-1;+6;. The Morgan fingerprint density at radius 3 is 0.357 bits per heavy atom. The third kappa shape index (κ3) is 190. The molecule has 0 fully saturated rings. The van der Waals surface area contributed by atoms with Gasteiger partial charge in [-0.1, -0.05) is 0 Å². The Bertz CT molecular complexity index is 97.3. The molecule has 6 nitrogen and oxygen atoms in total. The molecule has 0 saturated carbocycles. The van der Waals surface area contributed by atoms with Crippen molar-refractivity contribution in [1.29, 1.82) is 31.6 Å². The molecule has 0 saturated heterocycles. The van der Waals surface area contributed by atoms with Crippen molar-refractivity contribution in [2.45, 2.75) is 0 Å². The normalized spacial score (nSPS) is 0.857. The van der Waals surface area contributed by atoms with Crippen LogP contribution < -0.4 is 0 Å². The van der Waals surface area contributed by atoms with E-state index in [4.69, 9.17) is 71.0 Å². The second-order valence-corrected chi connectivity index (χ2v) is 0. The number of nitrogens with zero attached hydrogens (tertiary/aromatic N) is 6. The minimum absolute atomic E-state index is 0. The third-order valence-corrected chi connectivity index (χ3v) is 0. The molecule has 0 aliphatic heterocycles. The SMILES string of the molecule is [C-]#N.[C-]#N.[C-]#N.[C-]#N.[C-]#N.[C-]#N.[Fe+6].[Ni]. The molecular formula is C6FeN6Ni. The molecular weight excluding hydrogens is 271 g/mol. The van der Waals surface area contributed by atoms with Gasteiger partial charge in [-0.05, 0) is 0 Å². The van der Waals surface area contributed by atoms with E-state index in [0.29, 0.717) is 0 Å². The number of rotatable bonds is 0. The zero-order valence-electron chi connectivity index (χ0n) is 6.35. The summed E-state index contributed by atoms with van der Waals surface area (Å²) in [5.74, 6) is 0. The van der Waals surface area contributed by atoms with Crippen LogP contribution >= 0.6 is 0 Å². The Labute approximate surface area is 105 Å². The van der Waals surface area contributed by atoms with E-state index in [1.54, 1.807) is 0 Å². The summed E-state index contributed by atoms with van der Waals surface area (Å²) in [5.41, 5.74) is 0. The summed E-state index contributed by atoms with van der Waals surface area (Å²) in [6, 6.07) is 0. The quantitative estimate of drug-likeness (QED) is 0.465. The predicted molar refractivity (Wildman–Crippen MR) is 29.8 cm³/mol. The molecule has 0 rings (SSSR count). The monoisotopic (exact) mass is 270 g/mol. The summed E-state index contributed by atoms with van der Waals surface area (Å²) in [4.78, 5) is 0. The number of hydrogen-bond acceptors (Lipinski definition) is 6. The molecule has 0 aliphatic rings. The Hall–Kier alpha value is -2.05. The summed E-state index contributed by atoms with van der Waals surface area (Å²) >= 11 is 0. The van der Waals surface area contributed by atoms with Gasteiger partial charge in [0.05, 0.1) is 0 Å². The molecule has 0 heterocycles. The minimum atomic E-state index is 0. The fourth-order valence-corrected chi connectivity index (χ4v) is 0. The maximum absolute atomic E-state index is 6.25. The van der Waals surface area contributed by atoms with Crippen LogP contribution in [0.1, 0.15) is 0 Å². The average Bonchev–Trinajstić information content (AvgIpc) is 2.33. The van der Waals surface area contributed by atoms with Gasteiger partial charge in [0, 0.05) is 16.5 Å². The van der Waals surface area contributed by atoms with E-state index in [1.165, 1.54) is 0 Å². The van der Waals surface area contributed by atoms with Crippen molar-refractivity contribution >= 4 is 0 Å². The van der Waals surface area contributed by atoms with Gasteiger partial charge in [0.15, 0.2) is 0 Å². The van der Waals surface area contributed by atoms with Gasteiger partial charge in [0.2, 0.25) is 0 Å². The fourth-order valence-electron chi connectivity index (χ4n) is 0. The molecule has 0 amide bonds. The zero-order chi connectivity index (χ0) is 12.0. The van der Waals surface area contributed by atoms with Gasteiger partial charge in [-0.3, -0.25) is 0 Å². The van der Waals surface area contributed by atoms with Crippen LogP contribution in [0.25, 0.3) is 0 Å². The summed E-state index contributed by atoms with van der Waals surface area (Å²) in [5, 5.41) is 37.5. The van der Waals surface area contributed by atoms with E-state index in [1.807, 2.05) is 0 Å².